The number of nitrogens with one attached hydrogen (secondary N) is 1. The number of thiol groups is 1. The molecule has 35 heavy (non-hydrogen) atoms. The summed E-state index contributed by atoms with van der Waals surface area (Å²) >= 11 is 4.29. The van der Waals surface area contributed by atoms with Crippen molar-refractivity contribution in [3.63, 3.8) is 0 Å². The van der Waals surface area contributed by atoms with Crippen molar-refractivity contribution < 1.29 is 18.8 Å². The van der Waals surface area contributed by atoms with Crippen molar-refractivity contribution in [2.45, 2.75) is 97.0 Å². The number of carbonyl (C=O) groups is 3. The van der Waals surface area contributed by atoms with Gasteiger partial charge in [0, 0.05) is 18.7 Å². The maximum Gasteiger partial charge on any atom is 0.254 e. The van der Waals surface area contributed by atoms with E-state index in [1.54, 1.807) is 13.0 Å². The summed E-state index contributed by atoms with van der Waals surface area (Å²) in [4.78, 5) is 41.4. The first-order chi connectivity index (χ1) is 16.1. The summed E-state index contributed by atoms with van der Waals surface area (Å²) in [6.07, 6.45) is 1.32. The molecule has 0 aliphatic carbocycles. The molecule has 0 spiro atoms. The highest BCUT2D eigenvalue weighted by Crippen LogP contribution is 2.44. The van der Waals surface area contributed by atoms with E-state index in [2.05, 4.69) is 51.8 Å². The molecule has 1 aromatic carbocycles. The van der Waals surface area contributed by atoms with Gasteiger partial charge in [0.15, 0.2) is 13.4 Å². The Morgan fingerprint density at radius 3 is 2.11 bits per heavy atom. The monoisotopic (exact) mass is 520 g/mol. The smallest absolute Gasteiger partial charge is 0.254 e. The van der Waals surface area contributed by atoms with Gasteiger partial charge in [-0.15, -0.1) is 12.6 Å². The molecule has 2 rings (SSSR count). The average molecular weight is 521 g/mol. The summed E-state index contributed by atoms with van der Waals surface area (Å²) in [6.45, 7) is 19.9. The van der Waals surface area contributed by atoms with Gasteiger partial charge in [0.25, 0.3) is 5.91 Å². The van der Waals surface area contributed by atoms with Crippen LogP contribution < -0.4 is 5.32 Å². The van der Waals surface area contributed by atoms with Crippen LogP contribution in [0.3, 0.4) is 0 Å². The molecule has 1 saturated heterocycles. The van der Waals surface area contributed by atoms with Crippen molar-refractivity contribution in [2.75, 3.05) is 13.1 Å². The maximum atomic E-state index is 13.6. The van der Waals surface area contributed by atoms with E-state index in [0.29, 0.717) is 24.2 Å². The third kappa shape index (κ3) is 5.86. The first-order valence-electron chi connectivity index (χ1n) is 12.7. The lowest BCUT2D eigenvalue weighted by Gasteiger charge is -2.51. The summed E-state index contributed by atoms with van der Waals surface area (Å²) in [7, 11) is -2.14. The van der Waals surface area contributed by atoms with Gasteiger partial charge in [-0.25, -0.2) is 0 Å². The molecule has 8 heteroatoms. The van der Waals surface area contributed by atoms with Gasteiger partial charge in [0.1, 0.15) is 0 Å². The minimum absolute atomic E-state index is 0.0132. The lowest BCUT2D eigenvalue weighted by molar-refractivity contribution is -0.144. The molecule has 0 radical (unpaired) electrons. The van der Waals surface area contributed by atoms with Crippen LogP contribution in [0.1, 0.15) is 77.2 Å². The fourth-order valence-corrected chi connectivity index (χ4v) is 6.35. The Kier molecular flexibility index (Phi) is 9.45. The minimum Gasteiger partial charge on any atom is -0.413 e. The summed E-state index contributed by atoms with van der Waals surface area (Å²) < 4.78 is 6.56. The quantitative estimate of drug-likeness (QED) is 0.239. The van der Waals surface area contributed by atoms with E-state index < -0.39 is 25.7 Å². The van der Waals surface area contributed by atoms with Gasteiger partial charge in [-0.05, 0) is 56.5 Å². The van der Waals surface area contributed by atoms with Crippen LogP contribution in [0.15, 0.2) is 24.3 Å². The number of rotatable bonds is 11. The first kappa shape index (κ1) is 29.6. The van der Waals surface area contributed by atoms with Crippen molar-refractivity contribution in [2.24, 2.45) is 5.92 Å². The van der Waals surface area contributed by atoms with E-state index in [-0.39, 0.29) is 28.1 Å². The molecule has 1 N–H and O–H groups in total. The van der Waals surface area contributed by atoms with Crippen molar-refractivity contribution >= 4 is 37.9 Å². The highest BCUT2D eigenvalue weighted by atomic mass is 32.1. The highest BCUT2D eigenvalue weighted by Gasteiger charge is 2.57. The molecule has 1 fully saturated rings. The Balaban J connectivity index is 2.51. The summed E-state index contributed by atoms with van der Waals surface area (Å²) in [5.41, 5.74) is -0.114. The Bertz CT molecular complexity index is 939. The molecule has 1 heterocycles. The Morgan fingerprint density at radius 2 is 1.66 bits per heavy atom. The van der Waals surface area contributed by atoms with E-state index >= 15 is 0 Å². The van der Waals surface area contributed by atoms with Gasteiger partial charge >= 0.3 is 0 Å². The van der Waals surface area contributed by atoms with E-state index in [1.807, 2.05) is 43.9 Å². The Hall–Kier alpha value is -1.64. The molecule has 6 nitrogen and oxygen atoms in total. The van der Waals surface area contributed by atoms with Crippen LogP contribution in [0.4, 0.5) is 0 Å². The van der Waals surface area contributed by atoms with Crippen LogP contribution in [0.25, 0.3) is 0 Å². The number of hydrogen-bond donors (Lipinski definition) is 2. The average Bonchev–Trinajstić information content (AvgIpc) is 2.74. The molecule has 1 aromatic rings. The number of β-lactam (4-membered cyclic amide) rings is 1. The molecule has 1 aliphatic rings. The highest BCUT2D eigenvalue weighted by molar-refractivity contribution is 7.96. The lowest BCUT2D eigenvalue weighted by atomic mass is 9.65. The van der Waals surface area contributed by atoms with E-state index in [4.69, 9.17) is 4.43 Å². The maximum absolute atomic E-state index is 13.6. The predicted molar refractivity (Wildman–Crippen MR) is 147 cm³/mol. The fourth-order valence-electron chi connectivity index (χ4n) is 4.66. The number of benzene rings is 1. The Morgan fingerprint density at radius 1 is 1.11 bits per heavy atom. The van der Waals surface area contributed by atoms with Crippen LogP contribution >= 0.6 is 12.6 Å². The molecule has 0 saturated carbocycles. The Labute approximate surface area is 218 Å². The van der Waals surface area contributed by atoms with Crippen molar-refractivity contribution in [1.29, 1.82) is 0 Å². The summed E-state index contributed by atoms with van der Waals surface area (Å²) in [5, 5.41) is 2.57. The van der Waals surface area contributed by atoms with Crippen molar-refractivity contribution in [3.8, 4) is 0 Å². The van der Waals surface area contributed by atoms with E-state index in [0.717, 1.165) is 12.8 Å². The first-order valence-corrected chi connectivity index (χ1v) is 16.1. The van der Waals surface area contributed by atoms with Crippen LogP contribution in [0.2, 0.25) is 18.1 Å². The van der Waals surface area contributed by atoms with Gasteiger partial charge in [0.05, 0.1) is 23.5 Å². The molecule has 4 atom stereocenters. The molecule has 1 unspecified atom stereocenters. The third-order valence-electron chi connectivity index (χ3n) is 7.81. The van der Waals surface area contributed by atoms with Gasteiger partial charge < -0.3 is 14.6 Å². The van der Waals surface area contributed by atoms with Crippen LogP contribution in [-0.2, 0) is 19.4 Å². The second-order valence-electron chi connectivity index (χ2n) is 11.4. The molecule has 196 valence electrons. The minimum atomic E-state index is -2.14. The fraction of sp³-hybridized carbons (Fsp3) is 0.667. The van der Waals surface area contributed by atoms with E-state index in [1.165, 1.54) is 0 Å². The number of nitrogens with zero attached hydrogens (tertiary/aromatic N) is 1. The molecular weight excluding hydrogens is 476 g/mol. The summed E-state index contributed by atoms with van der Waals surface area (Å²) in [5.74, 6) is -0.752. The zero-order valence-corrected chi connectivity index (χ0v) is 24.8. The lowest BCUT2D eigenvalue weighted by Crippen LogP contribution is -2.71. The van der Waals surface area contributed by atoms with Crippen LogP contribution in [-0.4, -0.2) is 55.4 Å². The standard InChI is InChI=1S/C27H44N2O4SSi/c1-10-16-29(17-11-2)24(31)19-14-12-13-15-20(19)27(7,25(32)34)22-21(23(30)28-22)18(3)33-35(8,9)26(4,5)6/h12-15,18,21-22H,10-11,16-17H2,1-9H3,(H,28,30)(H,32,34)/t18?,21-,22+,27+/m1/s1. The zero-order chi connectivity index (χ0) is 26.8. The van der Waals surface area contributed by atoms with Crippen molar-refractivity contribution in [3.05, 3.63) is 35.4 Å². The molecule has 0 bridgehead atoms. The predicted octanol–water partition coefficient (Wildman–Crippen LogP) is 5.19. The number of carbonyl (C=O) groups excluding carboxylic acids is 3. The zero-order valence-electron chi connectivity index (χ0n) is 22.9. The summed E-state index contributed by atoms with van der Waals surface area (Å²) in [6, 6.07) is 6.71. The number of amides is 2. The number of hydrogen-bond acceptors (Lipinski definition) is 4. The van der Waals surface area contributed by atoms with E-state index in [9.17, 15) is 14.4 Å². The topological polar surface area (TPSA) is 75.7 Å². The normalized spacial score (nSPS) is 20.9. The SMILES string of the molecule is CCCN(CCC)C(=O)c1ccccc1[C@](C)(C(=O)S)[C@H]1NC(=O)[C@@H]1C(C)O[Si](C)(C)C(C)(C)C. The van der Waals surface area contributed by atoms with Crippen LogP contribution in [0, 0.1) is 5.92 Å². The molecule has 1 aliphatic heterocycles. The van der Waals surface area contributed by atoms with Gasteiger partial charge in [-0.1, -0.05) is 52.8 Å². The molecule has 0 aromatic heterocycles. The van der Waals surface area contributed by atoms with Gasteiger partial charge in [-0.3, -0.25) is 14.4 Å². The van der Waals surface area contributed by atoms with Gasteiger partial charge in [0.2, 0.25) is 5.91 Å². The third-order valence-corrected chi connectivity index (χ3v) is 12.8. The molecular formula is C27H44N2O4SSi. The second kappa shape index (κ2) is 11.2. The second-order valence-corrected chi connectivity index (χ2v) is 16.6. The molecule has 2 amide bonds. The largest absolute Gasteiger partial charge is 0.413 e. The van der Waals surface area contributed by atoms with Crippen LogP contribution in [0.5, 0.6) is 0 Å². The van der Waals surface area contributed by atoms with Crippen molar-refractivity contribution in [1.82, 2.24) is 10.2 Å². The van der Waals surface area contributed by atoms with Gasteiger partial charge in [-0.2, -0.15) is 0 Å².